The van der Waals surface area contributed by atoms with Gasteiger partial charge >= 0.3 is 0 Å². The fraction of sp³-hybridized carbons (Fsp3) is 0.158. The predicted octanol–water partition coefficient (Wildman–Crippen LogP) is 2.64. The highest BCUT2D eigenvalue weighted by Crippen LogP contribution is 2.20. The van der Waals surface area contributed by atoms with Crippen molar-refractivity contribution in [2.24, 2.45) is 7.05 Å². The van der Waals surface area contributed by atoms with Crippen LogP contribution in [0.4, 0.5) is 5.69 Å². The molecule has 0 aliphatic heterocycles. The second-order valence-electron chi connectivity index (χ2n) is 6.40. The average Bonchev–Trinajstić information content (AvgIpc) is 3.26. The van der Waals surface area contributed by atoms with E-state index in [2.05, 4.69) is 20.5 Å². The molecule has 8 nitrogen and oxygen atoms in total. The maximum Gasteiger partial charge on any atom is 0.262 e. The molecule has 0 saturated heterocycles. The molecule has 3 aromatic heterocycles. The number of aromatic nitrogens is 5. The van der Waals surface area contributed by atoms with Gasteiger partial charge in [0.15, 0.2) is 17.3 Å². The SMILES string of the molecule is Cc1nc2cc(NCc3nnc4n(C)c(=O)c5ccccc5n34)ccc2o1. The highest BCUT2D eigenvalue weighted by Gasteiger charge is 2.14. The van der Waals surface area contributed by atoms with E-state index < -0.39 is 0 Å². The molecule has 0 fully saturated rings. The standard InChI is InChI=1S/C19H16N6O2/c1-11-21-14-9-12(7-8-16(14)27-11)20-10-17-22-23-19-24(2)18(26)13-5-3-4-6-15(13)25(17)19/h3-9,20H,10H2,1-2H3. The number of nitrogens with one attached hydrogen (secondary N) is 1. The van der Waals surface area contributed by atoms with E-state index in [9.17, 15) is 4.79 Å². The molecular formula is C19H16N6O2. The van der Waals surface area contributed by atoms with Crippen molar-refractivity contribution in [2.75, 3.05) is 5.32 Å². The highest BCUT2D eigenvalue weighted by atomic mass is 16.3. The van der Waals surface area contributed by atoms with Crippen molar-refractivity contribution >= 4 is 33.5 Å². The van der Waals surface area contributed by atoms with Crippen molar-refractivity contribution in [2.45, 2.75) is 13.5 Å². The third kappa shape index (κ3) is 2.37. The number of hydrogen-bond acceptors (Lipinski definition) is 6. The van der Waals surface area contributed by atoms with Gasteiger partial charge in [0.25, 0.3) is 5.56 Å². The Morgan fingerprint density at radius 3 is 2.89 bits per heavy atom. The van der Waals surface area contributed by atoms with Crippen molar-refractivity contribution in [3.63, 3.8) is 0 Å². The Balaban J connectivity index is 1.57. The van der Waals surface area contributed by atoms with Gasteiger partial charge in [0.2, 0.25) is 5.78 Å². The number of hydrogen-bond donors (Lipinski definition) is 1. The summed E-state index contributed by atoms with van der Waals surface area (Å²) in [5.41, 5.74) is 3.17. The fourth-order valence-corrected chi connectivity index (χ4v) is 3.34. The lowest BCUT2D eigenvalue weighted by Crippen LogP contribution is -2.20. The summed E-state index contributed by atoms with van der Waals surface area (Å²) in [5.74, 6) is 1.87. The zero-order valence-electron chi connectivity index (χ0n) is 14.8. The van der Waals surface area contributed by atoms with Crippen LogP contribution in [0.1, 0.15) is 11.7 Å². The Bertz CT molecular complexity index is 1380. The minimum absolute atomic E-state index is 0.0862. The van der Waals surface area contributed by atoms with Crippen LogP contribution in [0.2, 0.25) is 0 Å². The number of aryl methyl sites for hydroxylation is 2. The number of nitrogens with zero attached hydrogens (tertiary/aromatic N) is 5. The van der Waals surface area contributed by atoms with Crippen LogP contribution in [-0.2, 0) is 13.6 Å². The summed E-state index contributed by atoms with van der Waals surface area (Å²) in [7, 11) is 1.71. The molecular weight excluding hydrogens is 344 g/mol. The molecule has 134 valence electrons. The Kier molecular flexibility index (Phi) is 3.27. The molecule has 0 amide bonds. The van der Waals surface area contributed by atoms with Gasteiger partial charge in [0, 0.05) is 19.7 Å². The van der Waals surface area contributed by atoms with Gasteiger partial charge in [-0.2, -0.15) is 0 Å². The van der Waals surface area contributed by atoms with Gasteiger partial charge in [-0.25, -0.2) is 4.98 Å². The van der Waals surface area contributed by atoms with Crippen LogP contribution < -0.4 is 10.9 Å². The Morgan fingerprint density at radius 1 is 1.15 bits per heavy atom. The first-order valence-electron chi connectivity index (χ1n) is 8.54. The summed E-state index contributed by atoms with van der Waals surface area (Å²) in [4.78, 5) is 16.9. The molecule has 8 heteroatoms. The molecule has 0 radical (unpaired) electrons. The minimum Gasteiger partial charge on any atom is -0.441 e. The maximum atomic E-state index is 12.5. The average molecular weight is 360 g/mol. The molecule has 5 aromatic rings. The van der Waals surface area contributed by atoms with Crippen molar-refractivity contribution in [3.05, 3.63) is 64.5 Å². The molecule has 0 unspecified atom stereocenters. The molecule has 3 heterocycles. The number of oxazole rings is 1. The number of anilines is 1. The molecule has 0 saturated carbocycles. The van der Waals surface area contributed by atoms with Gasteiger partial charge in [-0.05, 0) is 30.3 Å². The topological polar surface area (TPSA) is 90.2 Å². The zero-order valence-corrected chi connectivity index (χ0v) is 14.8. The number of fused-ring (bicyclic) bond motifs is 4. The van der Waals surface area contributed by atoms with Crippen LogP contribution in [0.5, 0.6) is 0 Å². The minimum atomic E-state index is -0.0862. The third-order valence-corrected chi connectivity index (χ3v) is 4.64. The molecule has 0 bridgehead atoms. The van der Waals surface area contributed by atoms with Crippen LogP contribution in [0, 0.1) is 6.92 Å². The first-order valence-corrected chi connectivity index (χ1v) is 8.54. The summed E-state index contributed by atoms with van der Waals surface area (Å²) >= 11 is 0. The second kappa shape index (κ2) is 5.66. The van der Waals surface area contributed by atoms with Gasteiger partial charge in [-0.3, -0.25) is 13.8 Å². The van der Waals surface area contributed by atoms with Crippen LogP contribution in [0.25, 0.3) is 27.8 Å². The van der Waals surface area contributed by atoms with E-state index in [4.69, 9.17) is 4.42 Å². The van der Waals surface area contributed by atoms with Crippen LogP contribution in [-0.4, -0.2) is 24.1 Å². The van der Waals surface area contributed by atoms with Gasteiger partial charge in [0.05, 0.1) is 17.4 Å². The number of rotatable bonds is 3. The van der Waals surface area contributed by atoms with Crippen LogP contribution >= 0.6 is 0 Å². The largest absolute Gasteiger partial charge is 0.441 e. The quantitative estimate of drug-likeness (QED) is 0.532. The summed E-state index contributed by atoms with van der Waals surface area (Å²) in [5, 5.41) is 12.5. The monoisotopic (exact) mass is 360 g/mol. The van der Waals surface area contributed by atoms with Gasteiger partial charge in [-0.1, -0.05) is 12.1 Å². The first-order chi connectivity index (χ1) is 13.1. The summed E-state index contributed by atoms with van der Waals surface area (Å²) in [6, 6.07) is 13.2. The lowest BCUT2D eigenvalue weighted by Gasteiger charge is -2.09. The van der Waals surface area contributed by atoms with E-state index in [0.717, 1.165) is 22.3 Å². The van der Waals surface area contributed by atoms with E-state index in [-0.39, 0.29) is 5.56 Å². The van der Waals surface area contributed by atoms with Gasteiger partial charge in [0.1, 0.15) is 5.52 Å². The smallest absolute Gasteiger partial charge is 0.262 e. The van der Waals surface area contributed by atoms with Gasteiger partial charge < -0.3 is 9.73 Å². The van der Waals surface area contributed by atoms with Crippen molar-refractivity contribution in [1.29, 1.82) is 0 Å². The molecule has 0 spiro atoms. The summed E-state index contributed by atoms with van der Waals surface area (Å²) < 4.78 is 8.93. The molecule has 0 aliphatic carbocycles. The molecule has 27 heavy (non-hydrogen) atoms. The number of para-hydroxylation sites is 1. The molecule has 2 aromatic carbocycles. The van der Waals surface area contributed by atoms with Crippen molar-refractivity contribution in [3.8, 4) is 0 Å². The molecule has 5 rings (SSSR count). The highest BCUT2D eigenvalue weighted by molar-refractivity contribution is 5.80. The lowest BCUT2D eigenvalue weighted by atomic mass is 10.2. The van der Waals surface area contributed by atoms with E-state index in [1.807, 2.05) is 53.8 Å². The van der Waals surface area contributed by atoms with E-state index in [1.54, 1.807) is 7.05 Å². The Hall–Kier alpha value is -3.68. The van der Waals surface area contributed by atoms with E-state index in [1.165, 1.54) is 4.57 Å². The fourth-order valence-electron chi connectivity index (χ4n) is 3.34. The first kappa shape index (κ1) is 15.6. The zero-order chi connectivity index (χ0) is 18.5. The van der Waals surface area contributed by atoms with Crippen LogP contribution in [0.3, 0.4) is 0 Å². The third-order valence-electron chi connectivity index (χ3n) is 4.64. The van der Waals surface area contributed by atoms with Gasteiger partial charge in [-0.15, -0.1) is 10.2 Å². The summed E-state index contributed by atoms with van der Waals surface area (Å²) in [6.45, 7) is 2.27. The van der Waals surface area contributed by atoms with Crippen LogP contribution in [0.15, 0.2) is 51.7 Å². The lowest BCUT2D eigenvalue weighted by molar-refractivity contribution is 0.561. The molecule has 1 N–H and O–H groups in total. The normalized spacial score (nSPS) is 11.6. The van der Waals surface area contributed by atoms with Crippen molar-refractivity contribution in [1.82, 2.24) is 24.1 Å². The summed E-state index contributed by atoms with van der Waals surface area (Å²) in [6.07, 6.45) is 0. The predicted molar refractivity (Wildman–Crippen MR) is 102 cm³/mol. The molecule has 0 atom stereocenters. The Labute approximate surface area is 153 Å². The van der Waals surface area contributed by atoms with E-state index >= 15 is 0 Å². The van der Waals surface area contributed by atoms with E-state index in [0.29, 0.717) is 29.4 Å². The number of benzene rings is 2. The second-order valence-corrected chi connectivity index (χ2v) is 6.40. The maximum absolute atomic E-state index is 12.5. The van der Waals surface area contributed by atoms with Crippen molar-refractivity contribution < 1.29 is 4.42 Å². The Morgan fingerprint density at radius 2 is 2.00 bits per heavy atom. The molecule has 0 aliphatic rings.